The SMILES string of the molecule is COC(=O)N1CCC(c2nc3c(C4=Cc5ccccc5CN=C4)cnn3c(N)c2Br)CC1. The predicted molar refractivity (Wildman–Crippen MR) is 128 cm³/mol. The number of hydrogen-bond donors (Lipinski definition) is 1. The Labute approximate surface area is 193 Å². The molecule has 5 rings (SSSR count). The number of nitrogen functional groups attached to an aromatic ring is 1. The van der Waals surface area contributed by atoms with Gasteiger partial charge in [-0.25, -0.2) is 9.78 Å². The van der Waals surface area contributed by atoms with E-state index in [1.165, 1.54) is 12.7 Å². The van der Waals surface area contributed by atoms with Crippen molar-refractivity contribution < 1.29 is 9.53 Å². The summed E-state index contributed by atoms with van der Waals surface area (Å²) in [7, 11) is 1.41. The number of halogens is 1. The van der Waals surface area contributed by atoms with Gasteiger partial charge in [-0.1, -0.05) is 24.3 Å². The van der Waals surface area contributed by atoms with Crippen molar-refractivity contribution in [3.05, 3.63) is 57.3 Å². The summed E-state index contributed by atoms with van der Waals surface area (Å²) in [6.45, 7) is 1.88. The smallest absolute Gasteiger partial charge is 0.409 e. The summed E-state index contributed by atoms with van der Waals surface area (Å²) in [5.41, 5.74) is 12.2. The molecule has 0 unspecified atom stereocenters. The van der Waals surface area contributed by atoms with Gasteiger partial charge in [0.25, 0.3) is 0 Å². The van der Waals surface area contributed by atoms with E-state index in [0.717, 1.165) is 39.7 Å². The van der Waals surface area contributed by atoms with E-state index in [1.54, 1.807) is 15.6 Å². The van der Waals surface area contributed by atoms with Crippen LogP contribution in [0, 0.1) is 0 Å². The molecule has 0 atom stereocenters. The molecule has 2 aromatic heterocycles. The van der Waals surface area contributed by atoms with Crippen LogP contribution in [-0.4, -0.2) is 52.0 Å². The van der Waals surface area contributed by atoms with E-state index < -0.39 is 0 Å². The number of nitrogens with zero attached hydrogens (tertiary/aromatic N) is 5. The van der Waals surface area contributed by atoms with Crippen molar-refractivity contribution in [2.75, 3.05) is 25.9 Å². The largest absolute Gasteiger partial charge is 0.453 e. The number of allylic oxidation sites excluding steroid dienone is 1. The van der Waals surface area contributed by atoms with Crippen molar-refractivity contribution in [2.24, 2.45) is 4.99 Å². The molecule has 2 N–H and O–H groups in total. The Morgan fingerprint density at radius 1 is 1.25 bits per heavy atom. The molecule has 164 valence electrons. The number of carbonyl (C=O) groups is 1. The zero-order valence-corrected chi connectivity index (χ0v) is 19.2. The number of likely N-dealkylation sites (tertiary alicyclic amines) is 1. The second kappa shape index (κ2) is 8.38. The van der Waals surface area contributed by atoms with E-state index in [9.17, 15) is 4.79 Å². The average molecular weight is 495 g/mol. The van der Waals surface area contributed by atoms with Crippen LogP contribution in [0.15, 0.2) is 39.9 Å². The van der Waals surface area contributed by atoms with Gasteiger partial charge in [-0.2, -0.15) is 9.61 Å². The van der Waals surface area contributed by atoms with Gasteiger partial charge in [0, 0.05) is 36.4 Å². The lowest BCUT2D eigenvalue weighted by Gasteiger charge is -2.31. The lowest BCUT2D eigenvalue weighted by atomic mass is 9.93. The van der Waals surface area contributed by atoms with Crippen molar-refractivity contribution in [2.45, 2.75) is 25.3 Å². The number of rotatable bonds is 2. The van der Waals surface area contributed by atoms with Crippen LogP contribution in [0.5, 0.6) is 0 Å². The van der Waals surface area contributed by atoms with Crippen molar-refractivity contribution in [1.29, 1.82) is 0 Å². The number of aromatic nitrogens is 3. The average Bonchev–Trinajstić information content (AvgIpc) is 3.13. The Kier molecular flexibility index (Phi) is 5.42. The van der Waals surface area contributed by atoms with Gasteiger partial charge in [0.15, 0.2) is 5.65 Å². The minimum atomic E-state index is -0.289. The molecule has 0 spiro atoms. The molecule has 4 heterocycles. The normalized spacial score (nSPS) is 16.6. The molecular weight excluding hydrogens is 472 g/mol. The predicted octanol–water partition coefficient (Wildman–Crippen LogP) is 4.14. The van der Waals surface area contributed by atoms with Crippen LogP contribution in [0.25, 0.3) is 17.3 Å². The van der Waals surface area contributed by atoms with Gasteiger partial charge in [0.1, 0.15) is 5.82 Å². The molecule has 1 amide bonds. The summed E-state index contributed by atoms with van der Waals surface area (Å²) in [5.74, 6) is 0.691. The molecule has 2 aliphatic rings. The number of anilines is 1. The quantitative estimate of drug-likeness (QED) is 0.576. The zero-order valence-electron chi connectivity index (χ0n) is 17.7. The molecule has 1 saturated heterocycles. The number of piperidine rings is 1. The molecule has 2 aliphatic heterocycles. The number of amides is 1. The molecule has 0 radical (unpaired) electrons. The second-order valence-electron chi connectivity index (χ2n) is 7.99. The second-order valence-corrected chi connectivity index (χ2v) is 8.78. The maximum absolute atomic E-state index is 11.8. The minimum Gasteiger partial charge on any atom is -0.453 e. The molecule has 1 fully saturated rings. The van der Waals surface area contributed by atoms with Crippen LogP contribution < -0.4 is 5.73 Å². The lowest BCUT2D eigenvalue weighted by molar-refractivity contribution is 0.112. The Hall–Kier alpha value is -3.20. The van der Waals surface area contributed by atoms with Gasteiger partial charge < -0.3 is 15.4 Å². The first-order valence-corrected chi connectivity index (χ1v) is 11.3. The summed E-state index contributed by atoms with van der Waals surface area (Å²) in [6.07, 6.45) is 7.08. The molecule has 0 aliphatic carbocycles. The van der Waals surface area contributed by atoms with Crippen LogP contribution in [0.4, 0.5) is 10.6 Å². The first-order valence-electron chi connectivity index (χ1n) is 10.5. The van der Waals surface area contributed by atoms with Crippen LogP contribution in [0.1, 0.15) is 41.1 Å². The number of ether oxygens (including phenoxy) is 1. The van der Waals surface area contributed by atoms with Gasteiger partial charge in [-0.05, 0) is 46.0 Å². The maximum atomic E-state index is 11.8. The number of carbonyl (C=O) groups excluding carboxylic acids is 1. The minimum absolute atomic E-state index is 0.179. The van der Waals surface area contributed by atoms with Crippen LogP contribution in [-0.2, 0) is 11.3 Å². The lowest BCUT2D eigenvalue weighted by Crippen LogP contribution is -2.38. The van der Waals surface area contributed by atoms with Gasteiger partial charge in [-0.3, -0.25) is 4.99 Å². The summed E-state index contributed by atoms with van der Waals surface area (Å²) >= 11 is 3.64. The fraction of sp³-hybridized carbons (Fsp3) is 0.304. The molecule has 3 aromatic rings. The highest BCUT2D eigenvalue weighted by Gasteiger charge is 2.28. The zero-order chi connectivity index (χ0) is 22.2. The van der Waals surface area contributed by atoms with E-state index in [1.807, 2.05) is 18.3 Å². The topological polar surface area (TPSA) is 98.1 Å². The monoisotopic (exact) mass is 494 g/mol. The Bertz CT molecular complexity index is 1260. The summed E-state index contributed by atoms with van der Waals surface area (Å²) in [6, 6.07) is 8.24. The van der Waals surface area contributed by atoms with Gasteiger partial charge in [0.2, 0.25) is 0 Å². The third-order valence-corrected chi connectivity index (χ3v) is 6.94. The van der Waals surface area contributed by atoms with Crippen LogP contribution in [0.2, 0.25) is 0 Å². The Morgan fingerprint density at radius 3 is 2.81 bits per heavy atom. The Balaban J connectivity index is 1.54. The highest BCUT2D eigenvalue weighted by atomic mass is 79.9. The van der Waals surface area contributed by atoms with E-state index in [4.69, 9.17) is 15.5 Å². The van der Waals surface area contributed by atoms with E-state index in [-0.39, 0.29) is 12.0 Å². The number of aliphatic imine (C=N–C) groups is 1. The summed E-state index contributed by atoms with van der Waals surface area (Å²) in [5, 5.41) is 4.50. The molecule has 9 heteroatoms. The standard InChI is InChI=1S/C23H23BrN6O2/c1-32-23(31)29-8-6-14(7-9-29)20-19(24)21(25)30-22(28-20)18(13-27-30)17-10-15-4-2-3-5-16(15)11-26-12-17/h2-5,10,12-14H,6-9,11,25H2,1H3. The van der Waals surface area contributed by atoms with Crippen LogP contribution >= 0.6 is 15.9 Å². The van der Waals surface area contributed by atoms with Crippen molar-refractivity contribution in [3.8, 4) is 0 Å². The van der Waals surface area contributed by atoms with Crippen LogP contribution in [0.3, 0.4) is 0 Å². The van der Waals surface area contributed by atoms with Gasteiger partial charge in [-0.15, -0.1) is 0 Å². The maximum Gasteiger partial charge on any atom is 0.409 e. The highest BCUT2D eigenvalue weighted by molar-refractivity contribution is 9.10. The molecule has 0 bridgehead atoms. The van der Waals surface area contributed by atoms with Crippen molar-refractivity contribution in [1.82, 2.24) is 19.5 Å². The number of benzene rings is 1. The van der Waals surface area contributed by atoms with E-state index >= 15 is 0 Å². The number of hydrogen-bond acceptors (Lipinski definition) is 6. The number of fused-ring (bicyclic) bond motifs is 2. The van der Waals surface area contributed by atoms with Crippen molar-refractivity contribution in [3.63, 3.8) is 0 Å². The molecule has 1 aromatic carbocycles. The summed E-state index contributed by atoms with van der Waals surface area (Å²) < 4.78 is 7.27. The number of nitrogens with two attached hydrogens (primary N) is 1. The first kappa shape index (κ1) is 20.7. The molecule has 0 saturated carbocycles. The van der Waals surface area contributed by atoms with E-state index in [0.29, 0.717) is 31.1 Å². The fourth-order valence-electron chi connectivity index (χ4n) is 4.37. The first-order chi connectivity index (χ1) is 15.6. The van der Waals surface area contributed by atoms with Crippen molar-refractivity contribution >= 4 is 51.4 Å². The molecular formula is C23H23BrN6O2. The van der Waals surface area contributed by atoms with Gasteiger partial charge >= 0.3 is 6.09 Å². The molecule has 8 nitrogen and oxygen atoms in total. The Morgan fingerprint density at radius 2 is 2.03 bits per heavy atom. The van der Waals surface area contributed by atoms with Gasteiger partial charge in [0.05, 0.1) is 30.0 Å². The fourth-order valence-corrected chi connectivity index (χ4v) is 4.95. The number of methoxy groups -OCH3 is 1. The van der Waals surface area contributed by atoms with E-state index in [2.05, 4.69) is 44.2 Å². The third-order valence-electron chi connectivity index (χ3n) is 6.13. The summed E-state index contributed by atoms with van der Waals surface area (Å²) in [4.78, 5) is 23.2. The molecule has 32 heavy (non-hydrogen) atoms. The third kappa shape index (κ3) is 3.56. The highest BCUT2D eigenvalue weighted by Crippen LogP contribution is 2.36.